The van der Waals surface area contributed by atoms with Crippen molar-refractivity contribution in [3.8, 4) is 11.5 Å². The van der Waals surface area contributed by atoms with Crippen LogP contribution in [0.1, 0.15) is 20.8 Å². The standard InChI is InChI=1S/C15H22N2O4/c1-10(2)17(11(3)18)9-15(19)16-12-6-7-13(20-4)14(8-12)21-5/h6-8,10H,9H2,1-5H3,(H,16,19). The Hall–Kier alpha value is -2.24. The lowest BCUT2D eigenvalue weighted by Crippen LogP contribution is -2.41. The van der Waals surface area contributed by atoms with Gasteiger partial charge >= 0.3 is 0 Å². The van der Waals surface area contributed by atoms with Crippen LogP contribution in [0.25, 0.3) is 0 Å². The molecule has 1 rings (SSSR count). The van der Waals surface area contributed by atoms with E-state index >= 15 is 0 Å². The highest BCUT2D eigenvalue weighted by molar-refractivity contribution is 5.94. The number of rotatable bonds is 6. The summed E-state index contributed by atoms with van der Waals surface area (Å²) in [5.41, 5.74) is 0.588. The molecule has 6 heteroatoms. The van der Waals surface area contributed by atoms with Crippen LogP contribution in [0.3, 0.4) is 0 Å². The topological polar surface area (TPSA) is 67.9 Å². The number of methoxy groups -OCH3 is 2. The predicted molar refractivity (Wildman–Crippen MR) is 80.7 cm³/mol. The summed E-state index contributed by atoms with van der Waals surface area (Å²) in [5, 5.41) is 2.74. The molecule has 0 heterocycles. The molecule has 0 unspecified atom stereocenters. The van der Waals surface area contributed by atoms with Gasteiger partial charge in [-0.25, -0.2) is 0 Å². The quantitative estimate of drug-likeness (QED) is 0.870. The molecule has 0 spiro atoms. The fourth-order valence-electron chi connectivity index (χ4n) is 1.93. The van der Waals surface area contributed by atoms with Gasteiger partial charge < -0.3 is 19.7 Å². The van der Waals surface area contributed by atoms with E-state index in [1.54, 1.807) is 25.3 Å². The van der Waals surface area contributed by atoms with Crippen molar-refractivity contribution >= 4 is 17.5 Å². The molecule has 0 aromatic heterocycles. The van der Waals surface area contributed by atoms with Crippen molar-refractivity contribution in [2.75, 3.05) is 26.1 Å². The summed E-state index contributed by atoms with van der Waals surface area (Å²) in [6.07, 6.45) is 0. The molecule has 21 heavy (non-hydrogen) atoms. The van der Waals surface area contributed by atoms with E-state index in [0.29, 0.717) is 17.2 Å². The largest absolute Gasteiger partial charge is 0.493 e. The summed E-state index contributed by atoms with van der Waals surface area (Å²) in [5.74, 6) is 0.726. The van der Waals surface area contributed by atoms with Gasteiger partial charge in [-0.3, -0.25) is 9.59 Å². The zero-order valence-electron chi connectivity index (χ0n) is 13.1. The van der Waals surface area contributed by atoms with Crippen molar-refractivity contribution in [3.63, 3.8) is 0 Å². The fourth-order valence-corrected chi connectivity index (χ4v) is 1.93. The monoisotopic (exact) mass is 294 g/mol. The van der Waals surface area contributed by atoms with Gasteiger partial charge in [0.25, 0.3) is 0 Å². The molecule has 0 fully saturated rings. The maximum Gasteiger partial charge on any atom is 0.244 e. The lowest BCUT2D eigenvalue weighted by molar-refractivity contribution is -0.134. The molecule has 0 atom stereocenters. The molecule has 1 aromatic rings. The summed E-state index contributed by atoms with van der Waals surface area (Å²) in [7, 11) is 3.07. The molecule has 0 radical (unpaired) electrons. The second-order valence-electron chi connectivity index (χ2n) is 4.86. The van der Waals surface area contributed by atoms with Gasteiger partial charge in [0.2, 0.25) is 11.8 Å². The average Bonchev–Trinajstić information content (AvgIpc) is 2.43. The summed E-state index contributed by atoms with van der Waals surface area (Å²) in [6.45, 7) is 5.20. The zero-order valence-corrected chi connectivity index (χ0v) is 13.1. The average molecular weight is 294 g/mol. The third kappa shape index (κ3) is 4.66. The van der Waals surface area contributed by atoms with Crippen molar-refractivity contribution in [2.24, 2.45) is 0 Å². The molecule has 2 amide bonds. The Labute approximate surface area is 125 Å². The van der Waals surface area contributed by atoms with Gasteiger partial charge in [-0.2, -0.15) is 0 Å². The van der Waals surface area contributed by atoms with Crippen LogP contribution in [0, 0.1) is 0 Å². The van der Waals surface area contributed by atoms with Crippen LogP contribution in [0.2, 0.25) is 0 Å². The minimum absolute atomic E-state index is 0.0152. The molecule has 1 aromatic carbocycles. The number of hydrogen-bond acceptors (Lipinski definition) is 4. The molecule has 0 aliphatic heterocycles. The maximum atomic E-state index is 12.0. The summed E-state index contributed by atoms with van der Waals surface area (Å²) >= 11 is 0. The van der Waals surface area contributed by atoms with Crippen molar-refractivity contribution in [3.05, 3.63) is 18.2 Å². The van der Waals surface area contributed by atoms with E-state index < -0.39 is 0 Å². The minimum Gasteiger partial charge on any atom is -0.493 e. The van der Waals surface area contributed by atoms with E-state index in [-0.39, 0.29) is 24.4 Å². The molecule has 6 nitrogen and oxygen atoms in total. The number of carbonyl (C=O) groups excluding carboxylic acids is 2. The molecule has 116 valence electrons. The van der Waals surface area contributed by atoms with E-state index in [4.69, 9.17) is 9.47 Å². The first-order chi connectivity index (χ1) is 9.88. The number of benzene rings is 1. The van der Waals surface area contributed by atoms with Crippen molar-refractivity contribution in [1.29, 1.82) is 0 Å². The summed E-state index contributed by atoms with van der Waals surface area (Å²) in [6, 6.07) is 5.06. The van der Waals surface area contributed by atoms with Crippen LogP contribution in [-0.4, -0.2) is 43.5 Å². The fraction of sp³-hybridized carbons (Fsp3) is 0.467. The number of amides is 2. The van der Waals surface area contributed by atoms with E-state index in [2.05, 4.69) is 5.32 Å². The molecular formula is C15H22N2O4. The highest BCUT2D eigenvalue weighted by Gasteiger charge is 2.17. The Morgan fingerprint density at radius 2 is 1.81 bits per heavy atom. The number of ether oxygens (including phenoxy) is 2. The van der Waals surface area contributed by atoms with Gasteiger partial charge in [0.15, 0.2) is 11.5 Å². The van der Waals surface area contributed by atoms with Crippen LogP contribution in [0.4, 0.5) is 5.69 Å². The van der Waals surface area contributed by atoms with Crippen molar-refractivity contribution in [1.82, 2.24) is 4.90 Å². The lowest BCUT2D eigenvalue weighted by Gasteiger charge is -2.24. The second kappa shape index (κ2) is 7.52. The summed E-state index contributed by atoms with van der Waals surface area (Å²) in [4.78, 5) is 25.0. The van der Waals surface area contributed by atoms with Gasteiger partial charge in [0.1, 0.15) is 6.54 Å². The molecule has 1 N–H and O–H groups in total. The number of hydrogen-bond donors (Lipinski definition) is 1. The minimum atomic E-state index is -0.258. The van der Waals surface area contributed by atoms with E-state index in [1.165, 1.54) is 18.9 Å². The second-order valence-corrected chi connectivity index (χ2v) is 4.86. The van der Waals surface area contributed by atoms with E-state index in [9.17, 15) is 9.59 Å². The lowest BCUT2D eigenvalue weighted by atomic mass is 10.2. The normalized spacial score (nSPS) is 10.2. The van der Waals surface area contributed by atoms with Crippen LogP contribution in [0.5, 0.6) is 11.5 Å². The van der Waals surface area contributed by atoms with Crippen LogP contribution >= 0.6 is 0 Å². The molecule has 0 aliphatic carbocycles. The van der Waals surface area contributed by atoms with Gasteiger partial charge in [-0.1, -0.05) is 0 Å². The van der Waals surface area contributed by atoms with Crippen LogP contribution in [0.15, 0.2) is 18.2 Å². The molecule has 0 saturated heterocycles. The molecule has 0 aliphatic rings. The van der Waals surface area contributed by atoms with Gasteiger partial charge in [-0.05, 0) is 26.0 Å². The number of carbonyl (C=O) groups is 2. The van der Waals surface area contributed by atoms with Crippen molar-refractivity contribution < 1.29 is 19.1 Å². The zero-order chi connectivity index (χ0) is 16.0. The maximum absolute atomic E-state index is 12.0. The van der Waals surface area contributed by atoms with Crippen LogP contribution < -0.4 is 14.8 Å². The highest BCUT2D eigenvalue weighted by Crippen LogP contribution is 2.29. The first-order valence-electron chi connectivity index (χ1n) is 6.68. The molecule has 0 bridgehead atoms. The Kier molecular flexibility index (Phi) is 6.02. The first-order valence-corrected chi connectivity index (χ1v) is 6.68. The molecular weight excluding hydrogens is 272 g/mol. The van der Waals surface area contributed by atoms with Gasteiger partial charge in [-0.15, -0.1) is 0 Å². The predicted octanol–water partition coefficient (Wildman–Crippen LogP) is 1.90. The van der Waals surface area contributed by atoms with Crippen molar-refractivity contribution in [2.45, 2.75) is 26.8 Å². The highest BCUT2D eigenvalue weighted by atomic mass is 16.5. The first kappa shape index (κ1) is 16.8. The van der Waals surface area contributed by atoms with Gasteiger partial charge in [0, 0.05) is 24.7 Å². The number of nitrogens with zero attached hydrogens (tertiary/aromatic N) is 1. The number of nitrogens with one attached hydrogen (secondary N) is 1. The Bertz CT molecular complexity index is 514. The summed E-state index contributed by atoms with van der Waals surface area (Å²) < 4.78 is 10.3. The molecule has 0 saturated carbocycles. The number of anilines is 1. The Balaban J connectivity index is 2.77. The van der Waals surface area contributed by atoms with Crippen LogP contribution in [-0.2, 0) is 9.59 Å². The Morgan fingerprint density at radius 3 is 2.29 bits per heavy atom. The Morgan fingerprint density at radius 1 is 1.19 bits per heavy atom. The van der Waals surface area contributed by atoms with E-state index in [0.717, 1.165) is 0 Å². The SMILES string of the molecule is COc1ccc(NC(=O)CN(C(C)=O)C(C)C)cc1OC. The van der Waals surface area contributed by atoms with Gasteiger partial charge in [0.05, 0.1) is 14.2 Å². The smallest absolute Gasteiger partial charge is 0.244 e. The third-order valence-corrected chi connectivity index (χ3v) is 3.01. The third-order valence-electron chi connectivity index (χ3n) is 3.01. The van der Waals surface area contributed by atoms with E-state index in [1.807, 2.05) is 13.8 Å².